The maximum absolute atomic E-state index is 13.8. The van der Waals surface area contributed by atoms with Gasteiger partial charge < -0.3 is 23.7 Å². The second-order valence-electron chi connectivity index (χ2n) is 9.20. The summed E-state index contributed by atoms with van der Waals surface area (Å²) in [6.07, 6.45) is 1.32. The van der Waals surface area contributed by atoms with E-state index in [9.17, 15) is 8.42 Å². The van der Waals surface area contributed by atoms with E-state index in [0.717, 1.165) is 0 Å². The maximum atomic E-state index is 13.8. The summed E-state index contributed by atoms with van der Waals surface area (Å²) in [4.78, 5) is 8.64. The minimum Gasteiger partial charge on any atom is -0.494 e. The molecule has 3 aromatic rings. The van der Waals surface area contributed by atoms with Crippen LogP contribution in [0.2, 0.25) is 0 Å². The monoisotopic (exact) mass is 562 g/mol. The topological polar surface area (TPSA) is 149 Å². The molecule has 14 heteroatoms. The molecular weight excluding hydrogens is 528 g/mol. The highest BCUT2D eigenvalue weighted by Crippen LogP contribution is 2.38. The molecule has 3 atom stereocenters. The largest absolute Gasteiger partial charge is 0.494 e. The van der Waals surface area contributed by atoms with Gasteiger partial charge in [-0.1, -0.05) is 6.07 Å². The lowest BCUT2D eigenvalue weighted by atomic mass is 10.2. The molecule has 0 bridgehead atoms. The fraction of sp³-hybridized carbons (Fsp3) is 0.520. The van der Waals surface area contributed by atoms with Gasteiger partial charge in [0.2, 0.25) is 16.0 Å². The molecule has 1 aromatic carbocycles. The first-order valence-electron chi connectivity index (χ1n) is 12.5. The van der Waals surface area contributed by atoms with Gasteiger partial charge in [-0.3, -0.25) is 19.3 Å². The van der Waals surface area contributed by atoms with Gasteiger partial charge in [0.25, 0.3) is 0 Å². The van der Waals surface area contributed by atoms with Crippen LogP contribution in [-0.2, 0) is 24.2 Å². The van der Waals surface area contributed by atoms with Crippen molar-refractivity contribution in [2.45, 2.75) is 51.3 Å². The summed E-state index contributed by atoms with van der Waals surface area (Å²) in [7, 11) is -1.11. The Morgan fingerprint density at radius 2 is 1.77 bits per heavy atom. The second kappa shape index (κ2) is 12.2. The highest BCUT2D eigenvalue weighted by molar-refractivity contribution is 7.93. The van der Waals surface area contributed by atoms with E-state index in [-0.39, 0.29) is 18.7 Å². The van der Waals surface area contributed by atoms with Crippen LogP contribution in [0.3, 0.4) is 0 Å². The van der Waals surface area contributed by atoms with Crippen LogP contribution in [-0.4, -0.2) is 78.5 Å². The molecule has 1 N–H and O–H groups in total. The van der Waals surface area contributed by atoms with Crippen LogP contribution < -0.4 is 14.2 Å². The Bertz CT molecular complexity index is 1340. The molecular formula is C25H34N6O7S. The third kappa shape index (κ3) is 6.30. The van der Waals surface area contributed by atoms with Crippen molar-refractivity contribution >= 4 is 16.0 Å². The molecule has 1 fully saturated rings. The van der Waals surface area contributed by atoms with Crippen molar-refractivity contribution in [3.8, 4) is 17.2 Å². The Morgan fingerprint density at radius 1 is 1.05 bits per heavy atom. The lowest BCUT2D eigenvalue weighted by molar-refractivity contribution is -0.0941. The fourth-order valence-corrected chi connectivity index (χ4v) is 5.23. The number of hydrogen-bond acceptors (Lipinski definition) is 11. The minimum atomic E-state index is -4.12. The molecule has 1 saturated heterocycles. The van der Waals surface area contributed by atoms with E-state index in [2.05, 4.69) is 24.9 Å². The predicted octanol–water partition coefficient (Wildman–Crippen LogP) is 2.77. The molecule has 3 heterocycles. The third-order valence-corrected chi connectivity index (χ3v) is 7.77. The van der Waals surface area contributed by atoms with Crippen molar-refractivity contribution in [2.75, 3.05) is 38.8 Å². The Hall–Kier alpha value is -3.33. The summed E-state index contributed by atoms with van der Waals surface area (Å²) in [5.41, 5.74) is 1.51. The van der Waals surface area contributed by atoms with Crippen LogP contribution in [0, 0.1) is 6.92 Å². The van der Waals surface area contributed by atoms with Crippen molar-refractivity contribution in [1.29, 1.82) is 0 Å². The van der Waals surface area contributed by atoms with Crippen LogP contribution in [0.25, 0.3) is 5.69 Å². The number of hydrogen-bond donors (Lipinski definition) is 1. The molecule has 1 unspecified atom stereocenters. The van der Waals surface area contributed by atoms with Gasteiger partial charge in [-0.15, -0.1) is 10.2 Å². The first kappa shape index (κ1) is 28.7. The average Bonchev–Trinajstić information content (AvgIpc) is 3.33. The van der Waals surface area contributed by atoms with Crippen molar-refractivity contribution in [2.24, 2.45) is 0 Å². The summed E-state index contributed by atoms with van der Waals surface area (Å²) in [5, 5.41) is 7.40. The Kier molecular flexibility index (Phi) is 9.00. The summed E-state index contributed by atoms with van der Waals surface area (Å²) in [5.74, 6) is 1.07. The standard InChI is InChI=1S/C25H34N6O7S/c1-15(2)38-23(18-13-26-16(3)12-27-18)17(4)39(32,33)30-25-29-28-24(21-14-36-10-11-37-21)31(25)22-19(34-5)8-7-9-20(22)35-6/h7-9,12-13,15,17,21,23H,10-11,14H2,1-6H3,(H,29,30)/t17-,21?,23+/m1/s1. The zero-order valence-corrected chi connectivity index (χ0v) is 23.6. The van der Waals surface area contributed by atoms with Crippen LogP contribution in [0.1, 0.15) is 50.2 Å². The van der Waals surface area contributed by atoms with Gasteiger partial charge in [0.15, 0.2) is 5.82 Å². The average molecular weight is 563 g/mol. The molecule has 0 saturated carbocycles. The van der Waals surface area contributed by atoms with Crippen molar-refractivity contribution < 1.29 is 32.1 Å². The Balaban J connectivity index is 1.79. The molecule has 0 aliphatic carbocycles. The van der Waals surface area contributed by atoms with E-state index < -0.39 is 27.5 Å². The van der Waals surface area contributed by atoms with Crippen molar-refractivity contribution in [3.05, 3.63) is 47.8 Å². The van der Waals surface area contributed by atoms with Gasteiger partial charge in [-0.2, -0.15) is 0 Å². The van der Waals surface area contributed by atoms with Gasteiger partial charge in [0.05, 0.1) is 57.7 Å². The summed E-state index contributed by atoms with van der Waals surface area (Å²) in [6.45, 7) is 8.00. The number of anilines is 1. The van der Waals surface area contributed by atoms with Crippen molar-refractivity contribution in [3.63, 3.8) is 0 Å². The van der Waals surface area contributed by atoms with Gasteiger partial charge in [0, 0.05) is 6.20 Å². The predicted molar refractivity (Wildman–Crippen MR) is 142 cm³/mol. The minimum absolute atomic E-state index is 0.0767. The van der Waals surface area contributed by atoms with Crippen LogP contribution in [0.5, 0.6) is 11.5 Å². The van der Waals surface area contributed by atoms with Crippen LogP contribution in [0.15, 0.2) is 30.6 Å². The molecule has 13 nitrogen and oxygen atoms in total. The lowest BCUT2D eigenvalue weighted by Gasteiger charge is -2.27. The number of benzene rings is 1. The smallest absolute Gasteiger partial charge is 0.243 e. The summed E-state index contributed by atoms with van der Waals surface area (Å²) in [6, 6.07) is 5.21. The fourth-order valence-electron chi connectivity index (χ4n) is 4.13. The summed E-state index contributed by atoms with van der Waals surface area (Å²) >= 11 is 0. The molecule has 2 aromatic heterocycles. The summed E-state index contributed by atoms with van der Waals surface area (Å²) < 4.78 is 60.4. The van der Waals surface area contributed by atoms with Crippen LogP contribution >= 0.6 is 0 Å². The van der Waals surface area contributed by atoms with E-state index in [1.165, 1.54) is 25.0 Å². The number of nitrogens with one attached hydrogen (secondary N) is 1. The van der Waals surface area contributed by atoms with E-state index >= 15 is 0 Å². The number of sulfonamides is 1. The number of aryl methyl sites for hydroxylation is 1. The molecule has 0 amide bonds. The van der Waals surface area contributed by atoms with E-state index in [4.69, 9.17) is 23.7 Å². The zero-order chi connectivity index (χ0) is 28.2. The molecule has 1 aliphatic heterocycles. The lowest BCUT2D eigenvalue weighted by Crippen LogP contribution is -2.34. The van der Waals surface area contributed by atoms with Gasteiger partial charge >= 0.3 is 0 Å². The number of aromatic nitrogens is 5. The highest BCUT2D eigenvalue weighted by Gasteiger charge is 2.36. The van der Waals surface area contributed by atoms with Gasteiger partial charge in [-0.05, 0) is 39.8 Å². The maximum Gasteiger partial charge on any atom is 0.243 e. The Morgan fingerprint density at radius 3 is 2.33 bits per heavy atom. The normalized spacial score (nSPS) is 17.6. The van der Waals surface area contributed by atoms with Gasteiger partial charge in [-0.25, -0.2) is 8.42 Å². The van der Waals surface area contributed by atoms with E-state index in [1.807, 2.05) is 13.8 Å². The number of nitrogens with zero attached hydrogens (tertiary/aromatic N) is 5. The zero-order valence-electron chi connectivity index (χ0n) is 22.8. The number of methoxy groups -OCH3 is 2. The van der Waals surface area contributed by atoms with Crippen LogP contribution in [0.4, 0.5) is 5.95 Å². The molecule has 212 valence electrons. The highest BCUT2D eigenvalue weighted by atomic mass is 32.2. The van der Waals surface area contributed by atoms with Gasteiger partial charge in [0.1, 0.15) is 34.6 Å². The molecule has 0 spiro atoms. The second-order valence-corrected chi connectivity index (χ2v) is 11.2. The molecule has 39 heavy (non-hydrogen) atoms. The number of ether oxygens (including phenoxy) is 5. The third-order valence-electron chi connectivity index (χ3n) is 6.08. The quantitative estimate of drug-likeness (QED) is 0.368. The molecule has 4 rings (SSSR count). The van der Waals surface area contributed by atoms with E-state index in [0.29, 0.717) is 47.6 Å². The molecule has 0 radical (unpaired) electrons. The number of rotatable bonds is 11. The first-order chi connectivity index (χ1) is 18.7. The molecule has 1 aliphatic rings. The van der Waals surface area contributed by atoms with Crippen molar-refractivity contribution in [1.82, 2.24) is 24.7 Å². The Labute approximate surface area is 227 Å². The number of para-hydroxylation sites is 1. The first-order valence-corrected chi connectivity index (χ1v) is 14.0. The van der Waals surface area contributed by atoms with E-state index in [1.54, 1.807) is 38.2 Å². The SMILES string of the molecule is COc1cccc(OC)c1-n1c(NS(=O)(=O)[C@H](C)[C@H](OC(C)C)c2cnc(C)cn2)nnc1C1COCCO1.